The highest BCUT2D eigenvalue weighted by atomic mass is 16.4. The zero-order valence-electron chi connectivity index (χ0n) is 12.7. The minimum atomic E-state index is -0.778. The molecule has 1 rings (SSSR count). The molecule has 20 heavy (non-hydrogen) atoms. The summed E-state index contributed by atoms with van der Waals surface area (Å²) in [7, 11) is 0. The molecule has 0 aliphatic heterocycles. The number of aliphatic carboxylic acids is 1. The van der Waals surface area contributed by atoms with E-state index in [-0.39, 0.29) is 17.4 Å². The van der Waals surface area contributed by atoms with E-state index in [1.165, 1.54) is 32.1 Å². The highest BCUT2D eigenvalue weighted by molar-refractivity contribution is 5.73. The maximum absolute atomic E-state index is 11.7. The molecule has 1 aliphatic carbocycles. The Balaban J connectivity index is 2.10. The number of carbonyl (C=O) groups excluding carboxylic acids is 1. The Bertz CT molecular complexity index is 325. The maximum Gasteiger partial charge on any atom is 0.314 e. The van der Waals surface area contributed by atoms with Crippen LogP contribution in [0, 0.1) is 11.3 Å². The summed E-state index contributed by atoms with van der Waals surface area (Å²) in [6.07, 6.45) is 7.47. The summed E-state index contributed by atoms with van der Waals surface area (Å²) in [6.45, 7) is 5.18. The van der Waals surface area contributed by atoms with Gasteiger partial charge in [0.05, 0.1) is 5.92 Å². The minimum Gasteiger partial charge on any atom is -0.481 e. The van der Waals surface area contributed by atoms with Crippen molar-refractivity contribution in [3.05, 3.63) is 0 Å². The quantitative estimate of drug-likeness (QED) is 0.629. The molecule has 0 aromatic carbocycles. The topological polar surface area (TPSA) is 78.4 Å². The third-order valence-electron chi connectivity index (χ3n) is 4.26. The number of carboxylic acid groups (broad SMARTS) is 1. The van der Waals surface area contributed by atoms with Gasteiger partial charge in [0.25, 0.3) is 0 Å². The van der Waals surface area contributed by atoms with Gasteiger partial charge in [-0.25, -0.2) is 4.79 Å². The van der Waals surface area contributed by atoms with Crippen molar-refractivity contribution in [2.75, 3.05) is 13.1 Å². The van der Waals surface area contributed by atoms with Crippen LogP contribution in [0.1, 0.15) is 58.8 Å². The van der Waals surface area contributed by atoms with Gasteiger partial charge in [-0.2, -0.15) is 0 Å². The van der Waals surface area contributed by atoms with Crippen LogP contribution in [0.3, 0.4) is 0 Å². The van der Waals surface area contributed by atoms with Crippen LogP contribution in [0.2, 0.25) is 0 Å². The molecule has 0 radical (unpaired) electrons. The lowest BCUT2D eigenvalue weighted by Crippen LogP contribution is -2.42. The van der Waals surface area contributed by atoms with Crippen molar-refractivity contribution >= 4 is 12.0 Å². The zero-order chi connectivity index (χ0) is 15.0. The van der Waals surface area contributed by atoms with Gasteiger partial charge in [0, 0.05) is 13.1 Å². The van der Waals surface area contributed by atoms with E-state index in [1.54, 1.807) is 6.92 Å². The fraction of sp³-hybridized carbons (Fsp3) is 0.867. The number of hydrogen-bond acceptors (Lipinski definition) is 2. The average Bonchev–Trinajstić information content (AvgIpc) is 2.42. The van der Waals surface area contributed by atoms with Crippen LogP contribution in [-0.4, -0.2) is 30.2 Å². The van der Waals surface area contributed by atoms with E-state index in [4.69, 9.17) is 5.11 Å². The normalized spacial score (nSPS) is 19.1. The summed E-state index contributed by atoms with van der Waals surface area (Å²) >= 11 is 0. The van der Waals surface area contributed by atoms with Crippen LogP contribution in [0.15, 0.2) is 0 Å². The van der Waals surface area contributed by atoms with E-state index < -0.39 is 5.97 Å². The fourth-order valence-electron chi connectivity index (χ4n) is 2.67. The lowest BCUT2D eigenvalue weighted by atomic mass is 9.76. The summed E-state index contributed by atoms with van der Waals surface area (Å²) in [6, 6.07) is -0.139. The van der Waals surface area contributed by atoms with Crippen LogP contribution < -0.4 is 10.6 Å². The van der Waals surface area contributed by atoms with Crippen molar-refractivity contribution in [3.63, 3.8) is 0 Å². The van der Waals surface area contributed by atoms with Gasteiger partial charge in [-0.3, -0.25) is 4.79 Å². The first kappa shape index (κ1) is 16.8. The molecular weight excluding hydrogens is 256 g/mol. The lowest BCUT2D eigenvalue weighted by Gasteiger charge is -2.33. The molecule has 1 atom stereocenters. The molecular formula is C15H28N2O3. The van der Waals surface area contributed by atoms with Gasteiger partial charge in [-0.1, -0.05) is 33.1 Å². The van der Waals surface area contributed by atoms with E-state index in [0.717, 1.165) is 6.54 Å². The molecule has 1 aliphatic rings. The van der Waals surface area contributed by atoms with E-state index in [0.29, 0.717) is 19.4 Å². The monoisotopic (exact) mass is 284 g/mol. The Kier molecular flexibility index (Phi) is 6.82. The van der Waals surface area contributed by atoms with Crippen molar-refractivity contribution in [2.45, 2.75) is 58.8 Å². The van der Waals surface area contributed by atoms with Gasteiger partial charge in [-0.15, -0.1) is 0 Å². The summed E-state index contributed by atoms with van der Waals surface area (Å²) in [4.78, 5) is 22.3. The van der Waals surface area contributed by atoms with Gasteiger partial charge >= 0.3 is 12.0 Å². The molecule has 0 heterocycles. The zero-order valence-corrected chi connectivity index (χ0v) is 12.7. The Morgan fingerprint density at radius 3 is 2.45 bits per heavy atom. The molecule has 3 N–H and O–H groups in total. The summed E-state index contributed by atoms with van der Waals surface area (Å²) < 4.78 is 0. The van der Waals surface area contributed by atoms with Crippen LogP contribution in [0.5, 0.6) is 0 Å². The Morgan fingerprint density at radius 1 is 1.20 bits per heavy atom. The molecule has 0 spiro atoms. The van der Waals surface area contributed by atoms with Crippen LogP contribution in [0.25, 0.3) is 0 Å². The van der Waals surface area contributed by atoms with E-state index in [9.17, 15) is 9.59 Å². The second-order valence-electron chi connectivity index (χ2n) is 6.36. The van der Waals surface area contributed by atoms with Gasteiger partial charge in [-0.05, 0) is 31.1 Å². The molecule has 1 unspecified atom stereocenters. The number of carboxylic acids is 1. The number of rotatable bonds is 7. The molecule has 2 amide bonds. The van der Waals surface area contributed by atoms with Crippen molar-refractivity contribution in [1.82, 2.24) is 10.6 Å². The summed E-state index contributed by atoms with van der Waals surface area (Å²) in [5.74, 6) is -1.12. The molecule has 0 bridgehead atoms. The van der Waals surface area contributed by atoms with Gasteiger partial charge in [0.2, 0.25) is 0 Å². The minimum absolute atomic E-state index is 0.139. The molecule has 5 heteroatoms. The number of amides is 2. The van der Waals surface area contributed by atoms with Crippen LogP contribution in [-0.2, 0) is 4.79 Å². The largest absolute Gasteiger partial charge is 0.481 e. The molecule has 5 nitrogen and oxygen atoms in total. The third kappa shape index (κ3) is 6.26. The van der Waals surface area contributed by atoms with Crippen molar-refractivity contribution in [3.8, 4) is 0 Å². The van der Waals surface area contributed by atoms with E-state index in [2.05, 4.69) is 17.6 Å². The van der Waals surface area contributed by atoms with Crippen molar-refractivity contribution < 1.29 is 14.7 Å². The average molecular weight is 284 g/mol. The van der Waals surface area contributed by atoms with Gasteiger partial charge < -0.3 is 15.7 Å². The van der Waals surface area contributed by atoms with Crippen LogP contribution in [0.4, 0.5) is 4.79 Å². The first-order valence-corrected chi connectivity index (χ1v) is 7.67. The second-order valence-corrected chi connectivity index (χ2v) is 6.36. The first-order chi connectivity index (χ1) is 9.43. The molecule has 0 aromatic heterocycles. The lowest BCUT2D eigenvalue weighted by molar-refractivity contribution is -0.141. The van der Waals surface area contributed by atoms with E-state index in [1.807, 2.05) is 0 Å². The molecule has 116 valence electrons. The third-order valence-corrected chi connectivity index (χ3v) is 4.26. The van der Waals surface area contributed by atoms with Crippen molar-refractivity contribution in [2.24, 2.45) is 11.3 Å². The number of carbonyl (C=O) groups is 2. The summed E-state index contributed by atoms with van der Waals surface area (Å²) in [5, 5.41) is 14.5. The molecule has 0 saturated heterocycles. The number of hydrogen-bond donors (Lipinski definition) is 3. The molecule has 1 fully saturated rings. The second kappa shape index (κ2) is 8.12. The Hall–Kier alpha value is -1.26. The molecule has 1 saturated carbocycles. The predicted molar refractivity (Wildman–Crippen MR) is 78.6 cm³/mol. The maximum atomic E-state index is 11.7. The number of urea groups is 1. The Morgan fingerprint density at radius 2 is 1.85 bits per heavy atom. The highest BCUT2D eigenvalue weighted by Crippen LogP contribution is 2.34. The van der Waals surface area contributed by atoms with Crippen LogP contribution >= 0.6 is 0 Å². The van der Waals surface area contributed by atoms with Gasteiger partial charge in [0.1, 0.15) is 0 Å². The number of nitrogens with one attached hydrogen (secondary N) is 2. The summed E-state index contributed by atoms with van der Waals surface area (Å²) in [5.41, 5.74) is 0.243. The first-order valence-electron chi connectivity index (χ1n) is 7.67. The van der Waals surface area contributed by atoms with Gasteiger partial charge in [0.15, 0.2) is 0 Å². The standard InChI is InChI=1S/C15H28N2O3/c1-12(13(18)19)7-6-10-16-14(20)17-11-15(2)8-4-3-5-9-15/h12H,3-11H2,1-2H3,(H,18,19)(H2,16,17,20). The SMILES string of the molecule is CC(CCCNC(=O)NCC1(C)CCCCC1)C(=O)O. The fourth-order valence-corrected chi connectivity index (χ4v) is 2.67. The van der Waals surface area contributed by atoms with E-state index >= 15 is 0 Å². The molecule has 0 aromatic rings. The predicted octanol–water partition coefficient (Wildman–Crippen LogP) is 2.76. The Labute approximate surface area is 121 Å². The smallest absolute Gasteiger partial charge is 0.314 e. The highest BCUT2D eigenvalue weighted by Gasteiger charge is 2.26. The van der Waals surface area contributed by atoms with Crippen molar-refractivity contribution in [1.29, 1.82) is 0 Å².